The Balaban J connectivity index is 0.000000469. The molecule has 6 heteroatoms. The fourth-order valence-corrected chi connectivity index (χ4v) is 2.40. The standard InChI is InChI=1S/C20H14O4.C4H10O2/c21-19(23-15-9-3-1-4-10-15)17-13-7-8-14-18(17)20(22)24-16-11-5-2-6-12-16;1-2-3-4(5)6/h1-14H;4-6H,2-3H2,1H3. The van der Waals surface area contributed by atoms with Gasteiger partial charge in [-0.15, -0.1) is 0 Å². The molecule has 0 radical (unpaired) electrons. The van der Waals surface area contributed by atoms with E-state index in [1.807, 2.05) is 19.1 Å². The van der Waals surface area contributed by atoms with E-state index in [1.165, 1.54) is 12.1 Å². The lowest BCUT2D eigenvalue weighted by Crippen LogP contribution is -2.17. The zero-order chi connectivity index (χ0) is 21.8. The molecule has 0 heterocycles. The summed E-state index contributed by atoms with van der Waals surface area (Å²) < 4.78 is 10.6. The number of benzene rings is 3. The van der Waals surface area contributed by atoms with Crippen molar-refractivity contribution in [2.24, 2.45) is 0 Å². The van der Waals surface area contributed by atoms with Gasteiger partial charge in [0.05, 0.1) is 11.1 Å². The van der Waals surface area contributed by atoms with Gasteiger partial charge < -0.3 is 19.7 Å². The Morgan fingerprint density at radius 3 is 1.37 bits per heavy atom. The number of carbonyl (C=O) groups is 2. The zero-order valence-electron chi connectivity index (χ0n) is 16.6. The van der Waals surface area contributed by atoms with E-state index >= 15 is 0 Å². The highest BCUT2D eigenvalue weighted by Crippen LogP contribution is 2.17. The summed E-state index contributed by atoms with van der Waals surface area (Å²) in [4.78, 5) is 24.7. The summed E-state index contributed by atoms with van der Waals surface area (Å²) in [5.41, 5.74) is 0.310. The molecular formula is C24H24O6. The van der Waals surface area contributed by atoms with Gasteiger partial charge in [0, 0.05) is 0 Å². The maximum atomic E-state index is 12.4. The van der Waals surface area contributed by atoms with E-state index in [-0.39, 0.29) is 11.1 Å². The summed E-state index contributed by atoms with van der Waals surface area (Å²) in [5.74, 6) is -0.397. The fraction of sp³-hybridized carbons (Fsp3) is 0.167. The maximum Gasteiger partial charge on any atom is 0.344 e. The predicted molar refractivity (Wildman–Crippen MR) is 112 cm³/mol. The Morgan fingerprint density at radius 1 is 0.700 bits per heavy atom. The van der Waals surface area contributed by atoms with Gasteiger partial charge in [-0.1, -0.05) is 61.9 Å². The molecule has 0 aliphatic carbocycles. The minimum Gasteiger partial charge on any atom is -0.423 e. The average Bonchev–Trinajstić information content (AvgIpc) is 2.75. The SMILES string of the molecule is CCCC(O)O.O=C(Oc1ccccc1)c1ccccc1C(=O)Oc1ccccc1. The second kappa shape index (κ2) is 12.2. The highest BCUT2D eigenvalue weighted by atomic mass is 16.5. The molecule has 3 rings (SSSR count). The van der Waals surface area contributed by atoms with E-state index < -0.39 is 18.2 Å². The van der Waals surface area contributed by atoms with Gasteiger partial charge in [0.25, 0.3) is 0 Å². The van der Waals surface area contributed by atoms with Crippen LogP contribution in [0.1, 0.15) is 40.5 Å². The molecule has 156 valence electrons. The van der Waals surface area contributed by atoms with Crippen LogP contribution in [0.3, 0.4) is 0 Å². The van der Waals surface area contributed by atoms with E-state index in [0.717, 1.165) is 6.42 Å². The summed E-state index contributed by atoms with van der Waals surface area (Å²) in [7, 11) is 0. The lowest BCUT2D eigenvalue weighted by atomic mass is 10.1. The van der Waals surface area contributed by atoms with Crippen LogP contribution in [0.15, 0.2) is 84.9 Å². The van der Waals surface area contributed by atoms with Crippen LogP contribution in [-0.4, -0.2) is 28.4 Å². The number of ether oxygens (including phenoxy) is 2. The molecule has 3 aromatic rings. The highest BCUT2D eigenvalue weighted by molar-refractivity contribution is 6.04. The number of aliphatic hydroxyl groups is 2. The molecular weight excluding hydrogens is 384 g/mol. The molecule has 0 saturated heterocycles. The lowest BCUT2D eigenvalue weighted by molar-refractivity contribution is -0.0453. The number of para-hydroxylation sites is 2. The molecule has 3 aromatic carbocycles. The molecule has 0 amide bonds. The van der Waals surface area contributed by atoms with Gasteiger partial charge in [0.2, 0.25) is 0 Å². The number of aliphatic hydroxyl groups excluding tert-OH is 1. The molecule has 6 nitrogen and oxygen atoms in total. The van der Waals surface area contributed by atoms with Crippen molar-refractivity contribution in [1.29, 1.82) is 0 Å². The average molecular weight is 408 g/mol. The van der Waals surface area contributed by atoms with Crippen molar-refractivity contribution in [1.82, 2.24) is 0 Å². The van der Waals surface area contributed by atoms with Crippen molar-refractivity contribution in [3.63, 3.8) is 0 Å². The largest absolute Gasteiger partial charge is 0.423 e. The van der Waals surface area contributed by atoms with Crippen LogP contribution >= 0.6 is 0 Å². The second-order valence-corrected chi connectivity index (χ2v) is 6.22. The second-order valence-electron chi connectivity index (χ2n) is 6.22. The van der Waals surface area contributed by atoms with E-state index in [4.69, 9.17) is 19.7 Å². The smallest absolute Gasteiger partial charge is 0.344 e. The van der Waals surface area contributed by atoms with Gasteiger partial charge in [-0.25, -0.2) is 9.59 Å². The first-order chi connectivity index (χ1) is 14.5. The van der Waals surface area contributed by atoms with Gasteiger partial charge in [-0.3, -0.25) is 0 Å². The Labute approximate surface area is 175 Å². The molecule has 0 aromatic heterocycles. The number of rotatable bonds is 6. The van der Waals surface area contributed by atoms with Crippen molar-refractivity contribution in [2.45, 2.75) is 26.1 Å². The third-order valence-corrected chi connectivity index (χ3v) is 3.82. The Kier molecular flexibility index (Phi) is 9.24. The van der Waals surface area contributed by atoms with Crippen LogP contribution in [0.4, 0.5) is 0 Å². The molecule has 0 aliphatic heterocycles. The molecule has 30 heavy (non-hydrogen) atoms. The monoisotopic (exact) mass is 408 g/mol. The maximum absolute atomic E-state index is 12.4. The number of hydrogen-bond donors (Lipinski definition) is 2. The van der Waals surface area contributed by atoms with Gasteiger partial charge >= 0.3 is 11.9 Å². The first-order valence-electron chi connectivity index (χ1n) is 9.51. The summed E-state index contributed by atoms with van der Waals surface area (Å²) in [6.07, 6.45) is 0.215. The van der Waals surface area contributed by atoms with Gasteiger partial charge in [0.1, 0.15) is 11.5 Å². The number of carbonyl (C=O) groups excluding carboxylic acids is 2. The van der Waals surface area contributed by atoms with Crippen LogP contribution < -0.4 is 9.47 Å². The van der Waals surface area contributed by atoms with Crippen LogP contribution in [0.25, 0.3) is 0 Å². The topological polar surface area (TPSA) is 93.1 Å². The third-order valence-electron chi connectivity index (χ3n) is 3.82. The summed E-state index contributed by atoms with van der Waals surface area (Å²) in [6.45, 7) is 1.90. The fourth-order valence-electron chi connectivity index (χ4n) is 2.40. The molecule has 0 saturated carbocycles. The van der Waals surface area contributed by atoms with Crippen LogP contribution in [0.5, 0.6) is 11.5 Å². The molecule has 2 N–H and O–H groups in total. The Bertz CT molecular complexity index is 850. The van der Waals surface area contributed by atoms with Gasteiger partial charge in [-0.2, -0.15) is 0 Å². The first kappa shape index (κ1) is 22.8. The summed E-state index contributed by atoms with van der Waals surface area (Å²) in [6, 6.07) is 23.8. The van der Waals surface area contributed by atoms with Gasteiger partial charge in [0.15, 0.2) is 6.29 Å². The summed E-state index contributed by atoms with van der Waals surface area (Å²) in [5, 5.41) is 16.2. The van der Waals surface area contributed by atoms with E-state index in [2.05, 4.69) is 0 Å². The van der Waals surface area contributed by atoms with E-state index in [9.17, 15) is 9.59 Å². The molecule has 0 spiro atoms. The first-order valence-corrected chi connectivity index (χ1v) is 9.51. The van der Waals surface area contributed by atoms with Crippen LogP contribution in [-0.2, 0) is 0 Å². The molecule has 0 bridgehead atoms. The third kappa shape index (κ3) is 7.50. The molecule has 0 fully saturated rings. The van der Waals surface area contributed by atoms with Crippen LogP contribution in [0.2, 0.25) is 0 Å². The van der Waals surface area contributed by atoms with Crippen molar-refractivity contribution < 1.29 is 29.3 Å². The summed E-state index contributed by atoms with van der Waals surface area (Å²) >= 11 is 0. The van der Waals surface area contributed by atoms with Crippen molar-refractivity contribution >= 4 is 11.9 Å². The van der Waals surface area contributed by atoms with Crippen molar-refractivity contribution in [2.75, 3.05) is 0 Å². The minimum atomic E-state index is -1.10. The Morgan fingerprint density at radius 2 is 1.07 bits per heavy atom. The zero-order valence-corrected chi connectivity index (χ0v) is 16.6. The predicted octanol–water partition coefficient (Wildman–Crippen LogP) is 4.22. The quantitative estimate of drug-likeness (QED) is 0.360. The van der Waals surface area contributed by atoms with Crippen molar-refractivity contribution in [3.05, 3.63) is 96.1 Å². The Hall–Kier alpha value is -3.48. The normalized spacial score (nSPS) is 10.0. The van der Waals surface area contributed by atoms with Crippen molar-refractivity contribution in [3.8, 4) is 11.5 Å². The number of hydrogen-bond acceptors (Lipinski definition) is 6. The van der Waals surface area contributed by atoms with E-state index in [1.54, 1.807) is 60.7 Å². The van der Waals surface area contributed by atoms with E-state index in [0.29, 0.717) is 17.9 Å². The minimum absolute atomic E-state index is 0.155. The number of esters is 2. The lowest BCUT2D eigenvalue weighted by Gasteiger charge is -2.09. The highest BCUT2D eigenvalue weighted by Gasteiger charge is 2.20. The van der Waals surface area contributed by atoms with Crippen LogP contribution in [0, 0.1) is 0 Å². The molecule has 0 unspecified atom stereocenters. The molecule has 0 atom stereocenters. The van der Waals surface area contributed by atoms with Gasteiger partial charge in [-0.05, 0) is 42.8 Å². The molecule has 0 aliphatic rings.